The summed E-state index contributed by atoms with van der Waals surface area (Å²) in [6, 6.07) is 16.3. The molecule has 3 nitrogen and oxygen atoms in total. The summed E-state index contributed by atoms with van der Waals surface area (Å²) >= 11 is 3.44. The fourth-order valence-electron chi connectivity index (χ4n) is 2.04. The molecule has 0 spiro atoms. The van der Waals surface area contributed by atoms with Crippen LogP contribution in [0.3, 0.4) is 0 Å². The number of nitrogens with two attached hydrogens (primary N) is 1. The third-order valence-corrected chi connectivity index (χ3v) is 3.70. The van der Waals surface area contributed by atoms with Gasteiger partial charge in [0.1, 0.15) is 5.75 Å². The van der Waals surface area contributed by atoms with Gasteiger partial charge in [0.15, 0.2) is 0 Å². The number of hydrogen-bond donors (Lipinski definition) is 2. The summed E-state index contributed by atoms with van der Waals surface area (Å²) in [5.74, 6) is 0.903. The zero-order chi connectivity index (χ0) is 15.1. The van der Waals surface area contributed by atoms with Crippen LogP contribution in [0.2, 0.25) is 0 Å². The standard InChI is InChI=1S/C17H21BrN2O/c1-2-11-21-16-9-3-13(4-10-16)17(12-19)20-15-7-5-14(18)6-8-15/h3-10,17,20H,2,11-12,19H2,1H3. The third-order valence-electron chi connectivity index (χ3n) is 3.18. The lowest BCUT2D eigenvalue weighted by molar-refractivity contribution is 0.317. The van der Waals surface area contributed by atoms with E-state index < -0.39 is 0 Å². The monoisotopic (exact) mass is 348 g/mol. The Hall–Kier alpha value is -1.52. The Balaban J connectivity index is 2.04. The SMILES string of the molecule is CCCOc1ccc(C(CN)Nc2ccc(Br)cc2)cc1. The van der Waals surface area contributed by atoms with Gasteiger partial charge in [-0.25, -0.2) is 0 Å². The van der Waals surface area contributed by atoms with E-state index >= 15 is 0 Å². The Kier molecular flexibility index (Phi) is 6.08. The predicted molar refractivity (Wildman–Crippen MR) is 91.8 cm³/mol. The van der Waals surface area contributed by atoms with E-state index in [1.807, 2.05) is 36.4 Å². The van der Waals surface area contributed by atoms with Crippen molar-refractivity contribution in [2.45, 2.75) is 19.4 Å². The molecular formula is C17H21BrN2O. The van der Waals surface area contributed by atoms with E-state index in [0.29, 0.717) is 6.54 Å². The van der Waals surface area contributed by atoms with E-state index in [1.54, 1.807) is 0 Å². The summed E-state index contributed by atoms with van der Waals surface area (Å²) < 4.78 is 6.66. The lowest BCUT2D eigenvalue weighted by atomic mass is 10.1. The minimum atomic E-state index is 0.0893. The quantitative estimate of drug-likeness (QED) is 0.781. The molecule has 0 aliphatic rings. The number of halogens is 1. The average molecular weight is 349 g/mol. The lowest BCUT2D eigenvalue weighted by Crippen LogP contribution is -2.20. The number of hydrogen-bond acceptors (Lipinski definition) is 3. The van der Waals surface area contributed by atoms with Crippen molar-refractivity contribution >= 4 is 21.6 Å². The highest BCUT2D eigenvalue weighted by atomic mass is 79.9. The molecule has 2 aromatic carbocycles. The molecule has 0 fully saturated rings. The molecule has 2 rings (SSSR count). The minimum Gasteiger partial charge on any atom is -0.494 e. The molecule has 21 heavy (non-hydrogen) atoms. The molecule has 0 radical (unpaired) electrons. The third kappa shape index (κ3) is 4.76. The molecule has 1 unspecified atom stereocenters. The van der Waals surface area contributed by atoms with E-state index in [0.717, 1.165) is 34.5 Å². The summed E-state index contributed by atoms with van der Waals surface area (Å²) in [4.78, 5) is 0. The van der Waals surface area contributed by atoms with Crippen LogP contribution in [0.25, 0.3) is 0 Å². The molecule has 0 amide bonds. The topological polar surface area (TPSA) is 47.3 Å². The Bertz CT molecular complexity index is 540. The lowest BCUT2D eigenvalue weighted by Gasteiger charge is -2.19. The Morgan fingerprint density at radius 2 is 1.76 bits per heavy atom. The molecule has 1 atom stereocenters. The fraction of sp³-hybridized carbons (Fsp3) is 0.294. The average Bonchev–Trinajstić information content (AvgIpc) is 2.53. The van der Waals surface area contributed by atoms with Crippen LogP contribution in [0.5, 0.6) is 5.75 Å². The van der Waals surface area contributed by atoms with E-state index in [4.69, 9.17) is 10.5 Å². The summed E-state index contributed by atoms with van der Waals surface area (Å²) in [5.41, 5.74) is 8.11. The molecule has 0 saturated carbocycles. The van der Waals surface area contributed by atoms with Gasteiger partial charge in [-0.05, 0) is 48.4 Å². The van der Waals surface area contributed by atoms with Crippen LogP contribution in [0.4, 0.5) is 5.69 Å². The highest BCUT2D eigenvalue weighted by Crippen LogP contribution is 2.22. The molecule has 2 aromatic rings. The van der Waals surface area contributed by atoms with Gasteiger partial charge in [0.2, 0.25) is 0 Å². The maximum atomic E-state index is 5.90. The summed E-state index contributed by atoms with van der Waals surface area (Å²) in [6.07, 6.45) is 1.01. The number of anilines is 1. The van der Waals surface area contributed by atoms with Crippen LogP contribution in [0, 0.1) is 0 Å². The maximum Gasteiger partial charge on any atom is 0.119 e. The zero-order valence-electron chi connectivity index (χ0n) is 12.2. The highest BCUT2D eigenvalue weighted by Gasteiger charge is 2.09. The van der Waals surface area contributed by atoms with E-state index in [1.165, 1.54) is 0 Å². The van der Waals surface area contributed by atoms with Crippen molar-refractivity contribution in [2.24, 2.45) is 5.73 Å². The Morgan fingerprint density at radius 3 is 2.33 bits per heavy atom. The Labute approximate surface area is 134 Å². The van der Waals surface area contributed by atoms with Crippen molar-refractivity contribution in [2.75, 3.05) is 18.5 Å². The number of benzene rings is 2. The van der Waals surface area contributed by atoms with Gasteiger partial charge < -0.3 is 15.8 Å². The van der Waals surface area contributed by atoms with Crippen LogP contribution in [-0.2, 0) is 0 Å². The van der Waals surface area contributed by atoms with Crippen LogP contribution >= 0.6 is 15.9 Å². The van der Waals surface area contributed by atoms with Gasteiger partial charge in [0.25, 0.3) is 0 Å². The van der Waals surface area contributed by atoms with Crippen molar-refractivity contribution in [3.05, 3.63) is 58.6 Å². The first-order valence-corrected chi connectivity index (χ1v) is 7.97. The fourth-order valence-corrected chi connectivity index (χ4v) is 2.31. The Morgan fingerprint density at radius 1 is 1.10 bits per heavy atom. The van der Waals surface area contributed by atoms with Crippen LogP contribution < -0.4 is 15.8 Å². The van der Waals surface area contributed by atoms with Crippen molar-refractivity contribution in [3.63, 3.8) is 0 Å². The summed E-state index contributed by atoms with van der Waals surface area (Å²) in [5, 5.41) is 3.45. The molecule has 0 aliphatic carbocycles. The van der Waals surface area contributed by atoms with Gasteiger partial charge in [0.05, 0.1) is 12.6 Å². The smallest absolute Gasteiger partial charge is 0.119 e. The molecule has 112 valence electrons. The van der Waals surface area contributed by atoms with Gasteiger partial charge in [0, 0.05) is 16.7 Å². The first-order valence-electron chi connectivity index (χ1n) is 7.18. The van der Waals surface area contributed by atoms with Crippen LogP contribution in [0.15, 0.2) is 53.0 Å². The first-order chi connectivity index (χ1) is 10.2. The molecule has 0 saturated heterocycles. The molecule has 0 aliphatic heterocycles. The number of rotatable bonds is 7. The van der Waals surface area contributed by atoms with Crippen molar-refractivity contribution in [1.29, 1.82) is 0 Å². The maximum absolute atomic E-state index is 5.90. The van der Waals surface area contributed by atoms with Crippen molar-refractivity contribution in [3.8, 4) is 5.75 Å². The molecular weight excluding hydrogens is 328 g/mol. The second-order valence-corrected chi connectivity index (χ2v) is 5.77. The number of nitrogens with one attached hydrogen (secondary N) is 1. The van der Waals surface area contributed by atoms with Gasteiger partial charge in [-0.15, -0.1) is 0 Å². The summed E-state index contributed by atoms with van der Waals surface area (Å²) in [6.45, 7) is 3.38. The van der Waals surface area contributed by atoms with E-state index in [2.05, 4.69) is 40.3 Å². The van der Waals surface area contributed by atoms with E-state index in [9.17, 15) is 0 Å². The van der Waals surface area contributed by atoms with Crippen LogP contribution in [-0.4, -0.2) is 13.2 Å². The summed E-state index contributed by atoms with van der Waals surface area (Å²) in [7, 11) is 0. The van der Waals surface area contributed by atoms with Gasteiger partial charge in [-0.3, -0.25) is 0 Å². The number of ether oxygens (including phenoxy) is 1. The van der Waals surface area contributed by atoms with Gasteiger partial charge >= 0.3 is 0 Å². The normalized spacial score (nSPS) is 12.0. The second-order valence-electron chi connectivity index (χ2n) is 4.86. The molecule has 3 N–H and O–H groups in total. The molecule has 0 heterocycles. The second kappa shape index (κ2) is 8.05. The van der Waals surface area contributed by atoms with Gasteiger partial charge in [-0.2, -0.15) is 0 Å². The minimum absolute atomic E-state index is 0.0893. The zero-order valence-corrected chi connectivity index (χ0v) is 13.8. The van der Waals surface area contributed by atoms with Crippen LogP contribution in [0.1, 0.15) is 24.9 Å². The van der Waals surface area contributed by atoms with Crippen molar-refractivity contribution in [1.82, 2.24) is 0 Å². The van der Waals surface area contributed by atoms with Gasteiger partial charge in [-0.1, -0.05) is 35.0 Å². The predicted octanol–water partition coefficient (Wildman–Crippen LogP) is 4.35. The molecule has 0 aromatic heterocycles. The molecule has 0 bridgehead atoms. The largest absolute Gasteiger partial charge is 0.494 e. The highest BCUT2D eigenvalue weighted by molar-refractivity contribution is 9.10. The van der Waals surface area contributed by atoms with Crippen molar-refractivity contribution < 1.29 is 4.74 Å². The molecule has 4 heteroatoms. The van der Waals surface area contributed by atoms with E-state index in [-0.39, 0.29) is 6.04 Å². The first kappa shape index (κ1) is 15.9.